The molecule has 7 nitrogen and oxygen atoms in total. The number of hydrogen-bond donors (Lipinski definition) is 1. The molecule has 0 spiro atoms. The normalized spacial score (nSPS) is 17.0. The van der Waals surface area contributed by atoms with E-state index in [1.165, 1.54) is 4.31 Å². The second-order valence-corrected chi connectivity index (χ2v) is 11.5. The summed E-state index contributed by atoms with van der Waals surface area (Å²) in [5.74, 6) is -0.422. The van der Waals surface area contributed by atoms with Gasteiger partial charge in [-0.25, -0.2) is 8.42 Å². The molecule has 1 fully saturated rings. The monoisotopic (exact) mass is 507 g/mol. The number of carbonyl (C=O) groups excluding carboxylic acids is 1. The summed E-state index contributed by atoms with van der Waals surface area (Å²) in [7, 11) is -3.91. The highest BCUT2D eigenvalue weighted by molar-refractivity contribution is 7.89. The first-order valence-corrected chi connectivity index (χ1v) is 13.6. The Morgan fingerprint density at radius 3 is 2.53 bits per heavy atom. The van der Waals surface area contributed by atoms with Gasteiger partial charge < -0.3 is 9.84 Å². The molecule has 2 aromatic carbocycles. The lowest BCUT2D eigenvalue weighted by Gasteiger charge is -2.31. The lowest BCUT2D eigenvalue weighted by atomic mass is 9.98. The maximum absolute atomic E-state index is 13.7. The van der Waals surface area contributed by atoms with Gasteiger partial charge in [-0.15, -0.1) is 0 Å². The van der Waals surface area contributed by atoms with Gasteiger partial charge in [-0.05, 0) is 87.9 Å². The van der Waals surface area contributed by atoms with E-state index >= 15 is 0 Å². The van der Waals surface area contributed by atoms with E-state index in [0.29, 0.717) is 25.1 Å². The van der Waals surface area contributed by atoms with E-state index in [1.807, 2.05) is 70.2 Å². The predicted molar refractivity (Wildman–Crippen MR) is 142 cm³/mol. The third-order valence-electron chi connectivity index (χ3n) is 6.81. The van der Waals surface area contributed by atoms with Gasteiger partial charge in [-0.2, -0.15) is 4.31 Å². The molecule has 3 aromatic rings. The summed E-state index contributed by atoms with van der Waals surface area (Å²) in [6.45, 7) is 10.1. The Bertz CT molecular complexity index is 1420. The van der Waals surface area contributed by atoms with Crippen molar-refractivity contribution in [2.45, 2.75) is 52.4 Å². The van der Waals surface area contributed by atoms with E-state index in [4.69, 9.17) is 4.52 Å². The summed E-state index contributed by atoms with van der Waals surface area (Å²) in [6, 6.07) is 11.8. The van der Waals surface area contributed by atoms with Gasteiger partial charge in [0.1, 0.15) is 5.69 Å². The zero-order valence-electron chi connectivity index (χ0n) is 21.5. The first-order valence-electron chi connectivity index (χ1n) is 12.2. The Balaban J connectivity index is 1.54. The number of carbonyl (C=O) groups is 1. The number of anilines is 1. The summed E-state index contributed by atoms with van der Waals surface area (Å²) in [5.41, 5.74) is 6.42. The van der Waals surface area contributed by atoms with Crippen LogP contribution in [0.1, 0.15) is 52.1 Å². The molecule has 0 saturated carbocycles. The van der Waals surface area contributed by atoms with Crippen molar-refractivity contribution in [2.75, 3.05) is 18.4 Å². The van der Waals surface area contributed by atoms with Crippen molar-refractivity contribution in [1.29, 1.82) is 0 Å². The van der Waals surface area contributed by atoms with E-state index in [1.54, 1.807) is 13.0 Å². The average molecular weight is 508 g/mol. The zero-order chi connectivity index (χ0) is 26.0. The summed E-state index contributed by atoms with van der Waals surface area (Å²) >= 11 is 0. The van der Waals surface area contributed by atoms with E-state index in [-0.39, 0.29) is 23.1 Å². The van der Waals surface area contributed by atoms with Crippen LogP contribution in [0.25, 0.3) is 12.2 Å². The van der Waals surface area contributed by atoms with Crippen LogP contribution < -0.4 is 5.32 Å². The molecule has 1 aliphatic rings. The van der Waals surface area contributed by atoms with E-state index in [9.17, 15) is 13.2 Å². The SMILES string of the molecule is Cc1ccc(C)c(C=Cc2onc(C)c2S(=O)(=O)N2CCCC(C(=O)Nc3ccc(C)c(C)c3)C2)c1. The molecular formula is C28H33N3O4S. The summed E-state index contributed by atoms with van der Waals surface area (Å²) in [5, 5.41) is 6.90. The minimum Gasteiger partial charge on any atom is -0.355 e. The fourth-order valence-corrected chi connectivity index (χ4v) is 6.24. The third kappa shape index (κ3) is 5.44. The predicted octanol–water partition coefficient (Wildman–Crippen LogP) is 5.43. The molecule has 4 rings (SSSR count). The molecule has 1 atom stereocenters. The van der Waals surface area contributed by atoms with Crippen LogP contribution in [-0.4, -0.2) is 36.9 Å². The molecule has 1 amide bonds. The Morgan fingerprint density at radius 1 is 1.03 bits per heavy atom. The molecule has 1 aromatic heterocycles. The standard InChI is InChI=1S/C28H33N3O4S/c1-18-8-9-20(3)23(15-18)11-13-26-27(22(5)30-35-26)36(33,34)31-14-6-7-24(17-31)28(32)29-25-12-10-19(2)21(4)16-25/h8-13,15-16,24H,6-7,14,17H2,1-5H3,(H,29,32). The van der Waals surface area contributed by atoms with Gasteiger partial charge >= 0.3 is 0 Å². The van der Waals surface area contributed by atoms with Crippen molar-refractivity contribution in [3.05, 3.63) is 75.7 Å². The molecule has 0 radical (unpaired) electrons. The van der Waals surface area contributed by atoms with Crippen LogP contribution in [0.15, 0.2) is 45.8 Å². The van der Waals surface area contributed by atoms with E-state index in [2.05, 4.69) is 10.5 Å². The van der Waals surface area contributed by atoms with Crippen molar-refractivity contribution in [1.82, 2.24) is 9.46 Å². The molecule has 1 saturated heterocycles. The van der Waals surface area contributed by atoms with Gasteiger partial charge in [0.2, 0.25) is 15.9 Å². The van der Waals surface area contributed by atoms with Crippen LogP contribution in [0, 0.1) is 40.5 Å². The minimum absolute atomic E-state index is 0.0549. The number of nitrogens with zero attached hydrogens (tertiary/aromatic N) is 2. The number of rotatable bonds is 6. The molecule has 190 valence electrons. The Labute approximate surface area is 213 Å². The number of benzene rings is 2. The van der Waals surface area contributed by atoms with Crippen LogP contribution >= 0.6 is 0 Å². The number of amides is 1. The number of sulfonamides is 1. The van der Waals surface area contributed by atoms with Gasteiger partial charge in [0.25, 0.3) is 0 Å². The number of aryl methyl sites for hydroxylation is 5. The molecule has 0 bridgehead atoms. The topological polar surface area (TPSA) is 92.5 Å². The molecule has 2 heterocycles. The fourth-order valence-electron chi connectivity index (χ4n) is 4.47. The molecular weight excluding hydrogens is 474 g/mol. The lowest BCUT2D eigenvalue weighted by Crippen LogP contribution is -2.43. The van der Waals surface area contributed by atoms with Crippen LogP contribution in [0.2, 0.25) is 0 Å². The second kappa shape index (κ2) is 10.4. The van der Waals surface area contributed by atoms with Gasteiger partial charge in [0.15, 0.2) is 10.7 Å². The highest BCUT2D eigenvalue weighted by Crippen LogP contribution is 2.30. The Morgan fingerprint density at radius 2 is 1.78 bits per heavy atom. The number of piperidine rings is 1. The summed E-state index contributed by atoms with van der Waals surface area (Å²) in [4.78, 5) is 13.1. The lowest BCUT2D eigenvalue weighted by molar-refractivity contribution is -0.120. The highest BCUT2D eigenvalue weighted by atomic mass is 32.2. The summed E-state index contributed by atoms with van der Waals surface area (Å²) in [6.07, 6.45) is 4.73. The van der Waals surface area contributed by atoms with E-state index in [0.717, 1.165) is 33.5 Å². The van der Waals surface area contributed by atoms with Gasteiger partial charge in [0.05, 0.1) is 5.92 Å². The third-order valence-corrected chi connectivity index (χ3v) is 8.83. The molecule has 36 heavy (non-hydrogen) atoms. The first kappa shape index (κ1) is 25.9. The smallest absolute Gasteiger partial charge is 0.248 e. The van der Waals surface area contributed by atoms with Crippen molar-refractivity contribution in [3.8, 4) is 0 Å². The maximum atomic E-state index is 13.7. The summed E-state index contributed by atoms with van der Waals surface area (Å²) < 4.78 is 34.2. The van der Waals surface area contributed by atoms with Crippen molar-refractivity contribution >= 4 is 33.8 Å². The number of hydrogen-bond acceptors (Lipinski definition) is 5. The van der Waals surface area contributed by atoms with Crippen LogP contribution in [-0.2, 0) is 14.8 Å². The van der Waals surface area contributed by atoms with Crippen LogP contribution in [0.5, 0.6) is 0 Å². The Kier molecular flexibility index (Phi) is 7.47. The van der Waals surface area contributed by atoms with Crippen molar-refractivity contribution < 1.29 is 17.7 Å². The quantitative estimate of drug-likeness (QED) is 0.481. The number of nitrogens with one attached hydrogen (secondary N) is 1. The highest BCUT2D eigenvalue weighted by Gasteiger charge is 2.37. The van der Waals surface area contributed by atoms with Gasteiger partial charge in [-0.3, -0.25) is 4.79 Å². The van der Waals surface area contributed by atoms with Crippen molar-refractivity contribution in [3.63, 3.8) is 0 Å². The molecule has 1 N–H and O–H groups in total. The zero-order valence-corrected chi connectivity index (χ0v) is 22.3. The van der Waals surface area contributed by atoms with Gasteiger partial charge in [0, 0.05) is 18.8 Å². The number of aromatic nitrogens is 1. The minimum atomic E-state index is -3.91. The first-order chi connectivity index (χ1) is 17.1. The van der Waals surface area contributed by atoms with Gasteiger partial charge in [-0.1, -0.05) is 41.1 Å². The fraction of sp³-hybridized carbons (Fsp3) is 0.357. The largest absolute Gasteiger partial charge is 0.355 e. The average Bonchev–Trinajstić information content (AvgIpc) is 3.23. The second-order valence-electron chi connectivity index (χ2n) is 9.65. The Hall–Kier alpha value is -3.23. The van der Waals surface area contributed by atoms with Crippen LogP contribution in [0.4, 0.5) is 5.69 Å². The van der Waals surface area contributed by atoms with E-state index < -0.39 is 15.9 Å². The van der Waals surface area contributed by atoms with Crippen LogP contribution in [0.3, 0.4) is 0 Å². The molecule has 8 heteroatoms. The maximum Gasteiger partial charge on any atom is 0.248 e. The molecule has 1 unspecified atom stereocenters. The van der Waals surface area contributed by atoms with Crippen molar-refractivity contribution in [2.24, 2.45) is 5.92 Å². The molecule has 0 aliphatic carbocycles. The molecule has 1 aliphatic heterocycles.